The standard InChI is InChI=1S/C4H3ClO3S/c5-3-1-2-4(8-3)9(6)7/h1-2H,(H,6,7)/p-1. The van der Waals surface area contributed by atoms with E-state index in [1.807, 2.05) is 0 Å². The Bertz CT molecular complexity index is 231. The van der Waals surface area contributed by atoms with Crippen LogP contribution in [0.15, 0.2) is 21.6 Å². The van der Waals surface area contributed by atoms with E-state index in [-0.39, 0.29) is 10.3 Å². The van der Waals surface area contributed by atoms with E-state index in [4.69, 9.17) is 11.6 Å². The van der Waals surface area contributed by atoms with Gasteiger partial charge in [-0.1, -0.05) is 0 Å². The second-order valence-corrected chi connectivity index (χ2v) is 2.54. The summed E-state index contributed by atoms with van der Waals surface area (Å²) in [4.78, 5) is 0. The van der Waals surface area contributed by atoms with Gasteiger partial charge in [-0.2, -0.15) is 0 Å². The highest BCUT2D eigenvalue weighted by atomic mass is 35.5. The maximum Gasteiger partial charge on any atom is 0.194 e. The lowest BCUT2D eigenvalue weighted by Gasteiger charge is -1.96. The van der Waals surface area contributed by atoms with Crippen LogP contribution in [0.4, 0.5) is 0 Å². The van der Waals surface area contributed by atoms with E-state index in [0.29, 0.717) is 0 Å². The van der Waals surface area contributed by atoms with Crippen molar-refractivity contribution in [2.75, 3.05) is 0 Å². The van der Waals surface area contributed by atoms with Gasteiger partial charge in [-0.3, -0.25) is 4.21 Å². The minimum absolute atomic E-state index is 0.0780. The lowest BCUT2D eigenvalue weighted by atomic mass is 10.7. The Hall–Kier alpha value is -0.320. The van der Waals surface area contributed by atoms with Gasteiger partial charge in [-0.25, -0.2) is 0 Å². The average molecular weight is 166 g/mol. The predicted molar refractivity (Wildman–Crippen MR) is 30.9 cm³/mol. The Morgan fingerprint density at radius 3 is 2.56 bits per heavy atom. The zero-order valence-corrected chi connectivity index (χ0v) is 5.74. The summed E-state index contributed by atoms with van der Waals surface area (Å²) in [5.74, 6) is 0. The summed E-state index contributed by atoms with van der Waals surface area (Å²) >= 11 is 2.96. The molecule has 0 N–H and O–H groups in total. The normalized spacial score (nSPS) is 13.6. The van der Waals surface area contributed by atoms with Gasteiger partial charge in [0.05, 0.1) is 0 Å². The Labute approximate surface area is 58.9 Å². The van der Waals surface area contributed by atoms with Crippen molar-refractivity contribution in [3.8, 4) is 0 Å². The summed E-state index contributed by atoms with van der Waals surface area (Å²) in [5.41, 5.74) is 0. The summed E-state index contributed by atoms with van der Waals surface area (Å²) < 4.78 is 24.6. The Kier molecular flexibility index (Phi) is 1.90. The van der Waals surface area contributed by atoms with Gasteiger partial charge >= 0.3 is 0 Å². The van der Waals surface area contributed by atoms with Crippen molar-refractivity contribution in [2.24, 2.45) is 0 Å². The van der Waals surface area contributed by atoms with Crippen LogP contribution >= 0.6 is 11.6 Å². The van der Waals surface area contributed by atoms with Gasteiger partial charge in [-0.05, 0) is 23.7 Å². The molecule has 0 saturated heterocycles. The molecule has 50 valence electrons. The van der Waals surface area contributed by atoms with E-state index in [1.165, 1.54) is 12.1 Å². The maximum absolute atomic E-state index is 10.1. The summed E-state index contributed by atoms with van der Waals surface area (Å²) in [6, 6.07) is 2.65. The van der Waals surface area contributed by atoms with Gasteiger partial charge in [0, 0.05) is 11.1 Å². The Morgan fingerprint density at radius 2 is 2.33 bits per heavy atom. The zero-order chi connectivity index (χ0) is 6.85. The molecule has 1 aromatic rings. The van der Waals surface area contributed by atoms with Gasteiger partial charge in [0.25, 0.3) is 0 Å². The highest BCUT2D eigenvalue weighted by Crippen LogP contribution is 2.14. The number of furan rings is 1. The number of hydrogen-bond acceptors (Lipinski definition) is 3. The van der Waals surface area contributed by atoms with E-state index in [2.05, 4.69) is 4.42 Å². The monoisotopic (exact) mass is 165 g/mol. The lowest BCUT2D eigenvalue weighted by molar-refractivity contribution is 0.436. The molecule has 0 amide bonds. The third-order valence-electron chi connectivity index (χ3n) is 0.713. The van der Waals surface area contributed by atoms with Crippen molar-refractivity contribution in [3.05, 3.63) is 17.4 Å². The van der Waals surface area contributed by atoms with Crippen molar-refractivity contribution in [1.29, 1.82) is 0 Å². The summed E-state index contributed by atoms with van der Waals surface area (Å²) in [6.07, 6.45) is 0. The summed E-state index contributed by atoms with van der Waals surface area (Å²) in [6.45, 7) is 0. The second kappa shape index (κ2) is 2.51. The quantitative estimate of drug-likeness (QED) is 0.587. The van der Waals surface area contributed by atoms with E-state index in [0.717, 1.165) is 0 Å². The van der Waals surface area contributed by atoms with Crippen molar-refractivity contribution in [1.82, 2.24) is 0 Å². The van der Waals surface area contributed by atoms with E-state index in [9.17, 15) is 8.76 Å². The third kappa shape index (κ3) is 1.54. The first-order chi connectivity index (χ1) is 4.20. The van der Waals surface area contributed by atoms with Crippen LogP contribution in [0.25, 0.3) is 0 Å². The smallest absolute Gasteiger partial charge is 0.194 e. The van der Waals surface area contributed by atoms with Crippen molar-refractivity contribution < 1.29 is 13.2 Å². The highest BCUT2D eigenvalue weighted by Gasteiger charge is 1.96. The fraction of sp³-hybridized carbons (Fsp3) is 0. The molecule has 9 heavy (non-hydrogen) atoms. The molecule has 1 atom stereocenters. The maximum atomic E-state index is 10.1. The molecule has 0 aromatic carbocycles. The molecular weight excluding hydrogens is 164 g/mol. The molecule has 0 aliphatic rings. The van der Waals surface area contributed by atoms with E-state index in [1.54, 1.807) is 0 Å². The highest BCUT2D eigenvalue weighted by molar-refractivity contribution is 7.79. The van der Waals surface area contributed by atoms with Crippen LogP contribution in [0.5, 0.6) is 0 Å². The molecule has 1 aromatic heterocycles. The molecule has 0 saturated carbocycles. The molecule has 0 spiro atoms. The summed E-state index contributed by atoms with van der Waals surface area (Å²) in [7, 11) is 0. The molecule has 3 nitrogen and oxygen atoms in total. The van der Waals surface area contributed by atoms with Crippen LogP contribution in [0.3, 0.4) is 0 Å². The first-order valence-electron chi connectivity index (χ1n) is 2.05. The van der Waals surface area contributed by atoms with Gasteiger partial charge in [0.15, 0.2) is 10.3 Å². The molecule has 1 unspecified atom stereocenters. The van der Waals surface area contributed by atoms with E-state index < -0.39 is 11.1 Å². The van der Waals surface area contributed by atoms with Gasteiger partial charge in [0.1, 0.15) is 0 Å². The van der Waals surface area contributed by atoms with Crippen LogP contribution in [-0.4, -0.2) is 8.76 Å². The van der Waals surface area contributed by atoms with Crippen LogP contribution in [0.2, 0.25) is 5.22 Å². The molecule has 0 aliphatic carbocycles. The molecule has 0 radical (unpaired) electrons. The van der Waals surface area contributed by atoms with E-state index >= 15 is 0 Å². The van der Waals surface area contributed by atoms with Crippen LogP contribution in [-0.2, 0) is 11.1 Å². The van der Waals surface area contributed by atoms with Gasteiger partial charge in [-0.15, -0.1) is 0 Å². The lowest BCUT2D eigenvalue weighted by Crippen LogP contribution is -1.82. The third-order valence-corrected chi connectivity index (χ3v) is 1.46. The number of hydrogen-bond donors (Lipinski definition) is 0. The van der Waals surface area contributed by atoms with Crippen molar-refractivity contribution in [3.63, 3.8) is 0 Å². The molecule has 1 heterocycles. The summed E-state index contributed by atoms with van der Waals surface area (Å²) in [5, 5.41) is -0.0609. The average Bonchev–Trinajstić information content (AvgIpc) is 2.14. The fourth-order valence-corrected chi connectivity index (χ4v) is 0.916. The first kappa shape index (κ1) is 6.80. The zero-order valence-electron chi connectivity index (χ0n) is 4.17. The van der Waals surface area contributed by atoms with Crippen LogP contribution in [0, 0.1) is 0 Å². The van der Waals surface area contributed by atoms with Crippen molar-refractivity contribution >= 4 is 22.7 Å². The Balaban J connectivity index is 2.98. The largest absolute Gasteiger partial charge is 0.766 e. The molecule has 0 fully saturated rings. The van der Waals surface area contributed by atoms with Crippen molar-refractivity contribution in [2.45, 2.75) is 5.09 Å². The minimum Gasteiger partial charge on any atom is -0.766 e. The molecular formula is C4H2ClO3S-. The molecule has 1 rings (SSSR count). The first-order valence-corrected chi connectivity index (χ1v) is 3.50. The molecule has 0 aliphatic heterocycles. The van der Waals surface area contributed by atoms with Crippen LogP contribution in [0.1, 0.15) is 0 Å². The number of halogens is 1. The van der Waals surface area contributed by atoms with Gasteiger partial charge < -0.3 is 8.97 Å². The SMILES string of the molecule is O=S([O-])c1ccc(Cl)o1. The minimum atomic E-state index is -2.31. The van der Waals surface area contributed by atoms with Gasteiger partial charge in [0.2, 0.25) is 0 Å². The Morgan fingerprint density at radius 1 is 1.67 bits per heavy atom. The predicted octanol–water partition coefficient (Wildman–Crippen LogP) is 1.17. The topological polar surface area (TPSA) is 53.3 Å². The number of rotatable bonds is 1. The fourth-order valence-electron chi connectivity index (χ4n) is 0.387. The second-order valence-electron chi connectivity index (χ2n) is 1.29. The van der Waals surface area contributed by atoms with Crippen LogP contribution < -0.4 is 0 Å². The molecule has 5 heteroatoms. The molecule has 0 bridgehead atoms.